The highest BCUT2D eigenvalue weighted by Gasteiger charge is 2.20. The molecule has 0 atom stereocenters. The Labute approximate surface area is 400 Å². The molecule has 0 fully saturated rings. The molecule has 68 heavy (non-hydrogen) atoms. The summed E-state index contributed by atoms with van der Waals surface area (Å²) in [6.45, 7) is 0. The van der Waals surface area contributed by atoms with E-state index < -0.39 is 0 Å². The van der Waals surface area contributed by atoms with Crippen molar-refractivity contribution in [2.75, 3.05) is 4.90 Å². The van der Waals surface area contributed by atoms with Crippen molar-refractivity contribution in [2.24, 2.45) is 0 Å². The SMILES string of the molecule is c1ccc(-c2c(-c3ccccc3)c3cc(-c4cccc(N(c5ccc(-c6cccc7ccccc67)cc5)c5cccc(-c6cccc7c6sc6ccccc67)c5)c4)ccc3c3ccccc23)cc1. The molecule has 0 amide bonds. The van der Waals surface area contributed by atoms with Crippen LogP contribution in [0.4, 0.5) is 17.1 Å². The van der Waals surface area contributed by atoms with Gasteiger partial charge in [-0.25, -0.2) is 0 Å². The molecule has 0 aliphatic heterocycles. The van der Waals surface area contributed by atoms with Gasteiger partial charge in [-0.2, -0.15) is 0 Å². The number of thiophene rings is 1. The summed E-state index contributed by atoms with van der Waals surface area (Å²) >= 11 is 1.88. The number of hydrogen-bond donors (Lipinski definition) is 0. The van der Waals surface area contributed by atoms with E-state index in [0.717, 1.165) is 22.6 Å². The van der Waals surface area contributed by atoms with Gasteiger partial charge in [-0.05, 0) is 136 Å². The number of anilines is 3. The zero-order valence-electron chi connectivity index (χ0n) is 37.2. The van der Waals surface area contributed by atoms with E-state index in [2.05, 4.69) is 266 Å². The number of benzene rings is 12. The van der Waals surface area contributed by atoms with Gasteiger partial charge in [0.15, 0.2) is 0 Å². The summed E-state index contributed by atoms with van der Waals surface area (Å²) in [5.74, 6) is 0. The topological polar surface area (TPSA) is 3.24 Å². The van der Waals surface area contributed by atoms with Crippen LogP contribution in [0, 0.1) is 0 Å². The largest absolute Gasteiger partial charge is 0.310 e. The van der Waals surface area contributed by atoms with E-state index in [4.69, 9.17) is 0 Å². The Morgan fingerprint density at radius 1 is 0.250 bits per heavy atom. The Kier molecular flexibility index (Phi) is 9.77. The minimum Gasteiger partial charge on any atom is -0.310 e. The third-order valence-corrected chi connectivity index (χ3v) is 14.9. The van der Waals surface area contributed by atoms with Crippen molar-refractivity contribution in [2.45, 2.75) is 0 Å². The quantitative estimate of drug-likeness (QED) is 0.137. The first-order valence-electron chi connectivity index (χ1n) is 23.3. The van der Waals surface area contributed by atoms with Gasteiger partial charge in [-0.1, -0.05) is 212 Å². The van der Waals surface area contributed by atoms with Crippen molar-refractivity contribution in [3.8, 4) is 55.6 Å². The van der Waals surface area contributed by atoms with E-state index in [-0.39, 0.29) is 0 Å². The van der Waals surface area contributed by atoms with E-state index in [1.807, 2.05) is 11.3 Å². The second kappa shape index (κ2) is 16.7. The second-order valence-electron chi connectivity index (χ2n) is 17.6. The Balaban J connectivity index is 0.988. The first kappa shape index (κ1) is 39.8. The van der Waals surface area contributed by atoms with Crippen molar-refractivity contribution in [3.05, 3.63) is 261 Å². The number of rotatable bonds is 8. The summed E-state index contributed by atoms with van der Waals surface area (Å²) < 4.78 is 2.62. The predicted molar refractivity (Wildman–Crippen MR) is 294 cm³/mol. The van der Waals surface area contributed by atoms with Gasteiger partial charge in [0.2, 0.25) is 0 Å². The zero-order chi connectivity index (χ0) is 45.0. The molecule has 0 bridgehead atoms. The maximum absolute atomic E-state index is 2.42. The summed E-state index contributed by atoms with van der Waals surface area (Å²) in [6.07, 6.45) is 0. The molecular formula is C66H43NS. The molecule has 1 nitrogen and oxygen atoms in total. The van der Waals surface area contributed by atoms with Crippen molar-refractivity contribution in [1.29, 1.82) is 0 Å². The van der Waals surface area contributed by atoms with E-state index in [9.17, 15) is 0 Å². The molecule has 0 saturated heterocycles. The van der Waals surface area contributed by atoms with Gasteiger partial charge < -0.3 is 4.90 Å². The average Bonchev–Trinajstić information content (AvgIpc) is 3.80. The van der Waals surface area contributed by atoms with Crippen molar-refractivity contribution >= 4 is 80.9 Å². The van der Waals surface area contributed by atoms with Crippen LogP contribution in [0.3, 0.4) is 0 Å². The highest BCUT2D eigenvalue weighted by atomic mass is 32.1. The Hall–Kier alpha value is -8.56. The number of fused-ring (bicyclic) bond motifs is 7. The Morgan fingerprint density at radius 2 is 0.750 bits per heavy atom. The zero-order valence-corrected chi connectivity index (χ0v) is 38.0. The minimum atomic E-state index is 1.09. The lowest BCUT2D eigenvalue weighted by atomic mass is 9.84. The molecule has 0 radical (unpaired) electrons. The van der Waals surface area contributed by atoms with E-state index in [1.165, 1.54) is 103 Å². The summed E-state index contributed by atoms with van der Waals surface area (Å²) in [7, 11) is 0. The standard InChI is InChI=1S/C66H43NS/c1-3-18-46(19-4-1)64-60-30-10-9-28-57(60)58-40-37-49(43-62(58)65(64)47-20-5-2-6-21-47)48-23-13-25-52(41-48)67(51-38-35-45(36-39-51)55-31-15-22-44-17-7-8-27-54(44)55)53-26-14-24-50(42-53)56-32-16-33-61-59-29-11-12-34-63(59)68-66(56)61/h1-43H. The summed E-state index contributed by atoms with van der Waals surface area (Å²) in [5, 5.41) is 10.1. The lowest BCUT2D eigenvalue weighted by Gasteiger charge is -2.27. The maximum atomic E-state index is 2.42. The van der Waals surface area contributed by atoms with E-state index in [0.29, 0.717) is 0 Å². The van der Waals surface area contributed by atoms with Gasteiger partial charge in [0.25, 0.3) is 0 Å². The van der Waals surface area contributed by atoms with Gasteiger partial charge >= 0.3 is 0 Å². The molecule has 0 aliphatic rings. The molecule has 12 aromatic carbocycles. The Bertz CT molecular complexity index is 4010. The average molecular weight is 882 g/mol. The van der Waals surface area contributed by atoms with Crippen LogP contribution in [-0.2, 0) is 0 Å². The normalized spacial score (nSPS) is 11.5. The molecule has 0 spiro atoms. The molecule has 0 aliphatic carbocycles. The summed E-state index contributed by atoms with van der Waals surface area (Å²) in [5.41, 5.74) is 15.4. The summed E-state index contributed by atoms with van der Waals surface area (Å²) in [6, 6.07) is 95.7. The molecular weight excluding hydrogens is 839 g/mol. The smallest absolute Gasteiger partial charge is 0.0467 e. The summed E-state index contributed by atoms with van der Waals surface area (Å²) in [4.78, 5) is 2.42. The van der Waals surface area contributed by atoms with Crippen LogP contribution in [0.1, 0.15) is 0 Å². The third kappa shape index (κ3) is 6.85. The fourth-order valence-corrected chi connectivity index (χ4v) is 11.7. The first-order valence-corrected chi connectivity index (χ1v) is 24.1. The van der Waals surface area contributed by atoms with Crippen molar-refractivity contribution in [1.82, 2.24) is 0 Å². The number of nitrogens with zero attached hydrogens (tertiary/aromatic N) is 1. The third-order valence-electron chi connectivity index (χ3n) is 13.6. The fourth-order valence-electron chi connectivity index (χ4n) is 10.5. The minimum absolute atomic E-state index is 1.09. The Morgan fingerprint density at radius 3 is 1.51 bits per heavy atom. The van der Waals surface area contributed by atoms with Crippen LogP contribution >= 0.6 is 11.3 Å². The van der Waals surface area contributed by atoms with Gasteiger partial charge in [0.1, 0.15) is 0 Å². The lowest BCUT2D eigenvalue weighted by molar-refractivity contribution is 1.28. The highest BCUT2D eigenvalue weighted by Crippen LogP contribution is 2.47. The van der Waals surface area contributed by atoms with E-state index in [1.54, 1.807) is 0 Å². The van der Waals surface area contributed by atoms with Gasteiger partial charge in [0.05, 0.1) is 0 Å². The van der Waals surface area contributed by atoms with Crippen molar-refractivity contribution < 1.29 is 0 Å². The maximum Gasteiger partial charge on any atom is 0.0467 e. The monoisotopic (exact) mass is 881 g/mol. The van der Waals surface area contributed by atoms with Crippen LogP contribution in [0.5, 0.6) is 0 Å². The molecule has 0 N–H and O–H groups in total. The predicted octanol–water partition coefficient (Wildman–Crippen LogP) is 19.3. The first-order chi connectivity index (χ1) is 33.7. The van der Waals surface area contributed by atoms with Crippen LogP contribution < -0.4 is 4.90 Å². The molecule has 0 unspecified atom stereocenters. The van der Waals surface area contributed by atoms with Gasteiger partial charge in [-0.3, -0.25) is 0 Å². The molecule has 13 aromatic rings. The highest BCUT2D eigenvalue weighted by molar-refractivity contribution is 7.26. The van der Waals surface area contributed by atoms with Crippen LogP contribution in [0.2, 0.25) is 0 Å². The second-order valence-corrected chi connectivity index (χ2v) is 18.6. The molecule has 318 valence electrons. The lowest BCUT2D eigenvalue weighted by Crippen LogP contribution is -2.10. The van der Waals surface area contributed by atoms with Gasteiger partial charge in [-0.15, -0.1) is 11.3 Å². The molecule has 13 rings (SSSR count). The molecule has 2 heteroatoms. The molecule has 1 aromatic heterocycles. The molecule has 0 saturated carbocycles. The number of hydrogen-bond acceptors (Lipinski definition) is 2. The van der Waals surface area contributed by atoms with Crippen LogP contribution in [0.25, 0.3) is 108 Å². The van der Waals surface area contributed by atoms with Crippen LogP contribution in [-0.4, -0.2) is 0 Å². The fraction of sp³-hybridized carbons (Fsp3) is 0. The van der Waals surface area contributed by atoms with E-state index >= 15 is 0 Å². The van der Waals surface area contributed by atoms with Gasteiger partial charge in [0, 0.05) is 37.2 Å². The van der Waals surface area contributed by atoms with Crippen LogP contribution in [0.15, 0.2) is 261 Å². The van der Waals surface area contributed by atoms with Crippen molar-refractivity contribution in [3.63, 3.8) is 0 Å². The molecule has 1 heterocycles.